The first kappa shape index (κ1) is 16.7. The highest BCUT2D eigenvalue weighted by Crippen LogP contribution is 2.39. The largest absolute Gasteiger partial charge is 0.374 e. The Bertz CT molecular complexity index is 215. The van der Waals surface area contributed by atoms with E-state index in [1.807, 2.05) is 0 Å². The van der Waals surface area contributed by atoms with Crippen molar-refractivity contribution in [3.63, 3.8) is 0 Å². The third kappa shape index (κ3) is 4.66. The highest BCUT2D eigenvalue weighted by Gasteiger charge is 2.36. The van der Waals surface area contributed by atoms with Crippen molar-refractivity contribution < 1.29 is 4.74 Å². The Morgan fingerprint density at radius 2 is 1.72 bits per heavy atom. The summed E-state index contributed by atoms with van der Waals surface area (Å²) < 4.78 is 7.55. The van der Waals surface area contributed by atoms with Crippen LogP contribution in [0.3, 0.4) is 0 Å². The molecule has 1 aliphatic rings. The summed E-state index contributed by atoms with van der Waals surface area (Å²) in [6, 6.07) is 0. The maximum absolute atomic E-state index is 6.38. The first-order valence-corrected chi connectivity index (χ1v) is 9.29. The summed E-state index contributed by atoms with van der Waals surface area (Å²) in [5.41, 5.74) is 0.203. The van der Waals surface area contributed by atoms with Crippen molar-refractivity contribution in [3.05, 3.63) is 0 Å². The molecule has 0 aliphatic heterocycles. The van der Waals surface area contributed by atoms with Gasteiger partial charge in [0.1, 0.15) is 0 Å². The smallest absolute Gasteiger partial charge is 0.0771 e. The molecule has 1 nitrogen and oxygen atoms in total. The maximum Gasteiger partial charge on any atom is 0.0771 e. The van der Waals surface area contributed by atoms with Crippen molar-refractivity contribution in [2.45, 2.75) is 71.8 Å². The molecule has 18 heavy (non-hydrogen) atoms. The molecule has 0 aromatic rings. The third-order valence-electron chi connectivity index (χ3n) is 4.91. The SMILES string of the molecule is CCC(CC)COC1(CI)CCC(C(C)C)CC1. The average Bonchev–Trinajstić information content (AvgIpc) is 2.40. The number of rotatable bonds is 7. The predicted octanol–water partition coefficient (Wildman–Crippen LogP) is 5.46. The van der Waals surface area contributed by atoms with Crippen molar-refractivity contribution in [2.75, 3.05) is 11.0 Å². The van der Waals surface area contributed by atoms with E-state index in [-0.39, 0.29) is 5.60 Å². The lowest BCUT2D eigenvalue weighted by Gasteiger charge is -2.41. The summed E-state index contributed by atoms with van der Waals surface area (Å²) in [4.78, 5) is 0. The molecule has 2 heteroatoms. The van der Waals surface area contributed by atoms with Gasteiger partial charge in [0.15, 0.2) is 0 Å². The van der Waals surface area contributed by atoms with Crippen molar-refractivity contribution in [1.82, 2.24) is 0 Å². The van der Waals surface area contributed by atoms with E-state index >= 15 is 0 Å². The van der Waals surface area contributed by atoms with Gasteiger partial charge in [0, 0.05) is 4.43 Å². The van der Waals surface area contributed by atoms with Gasteiger partial charge in [-0.3, -0.25) is 0 Å². The van der Waals surface area contributed by atoms with Crippen LogP contribution in [0.2, 0.25) is 0 Å². The number of hydrogen-bond acceptors (Lipinski definition) is 1. The van der Waals surface area contributed by atoms with Gasteiger partial charge >= 0.3 is 0 Å². The Balaban J connectivity index is 2.45. The summed E-state index contributed by atoms with van der Waals surface area (Å²) in [5.74, 6) is 2.53. The molecular formula is C16H31IO. The van der Waals surface area contributed by atoms with E-state index in [9.17, 15) is 0 Å². The van der Waals surface area contributed by atoms with E-state index < -0.39 is 0 Å². The molecule has 1 fully saturated rings. The lowest BCUT2D eigenvalue weighted by atomic mass is 9.75. The standard InChI is InChI=1S/C16H31IO/c1-5-14(6-2)11-18-16(12-17)9-7-15(8-10-16)13(3)4/h13-15H,5-12H2,1-4H3. The van der Waals surface area contributed by atoms with Crippen LogP contribution in [0.4, 0.5) is 0 Å². The number of hydrogen-bond donors (Lipinski definition) is 0. The quantitative estimate of drug-likeness (QED) is 0.429. The molecule has 0 atom stereocenters. The van der Waals surface area contributed by atoms with Crippen molar-refractivity contribution in [3.8, 4) is 0 Å². The van der Waals surface area contributed by atoms with E-state index in [0.29, 0.717) is 0 Å². The molecule has 0 amide bonds. The molecule has 1 aliphatic carbocycles. The predicted molar refractivity (Wildman–Crippen MR) is 88.4 cm³/mol. The molecule has 0 heterocycles. The van der Waals surface area contributed by atoms with Crippen molar-refractivity contribution >= 4 is 22.6 Å². The maximum atomic E-state index is 6.38. The average molecular weight is 366 g/mol. The van der Waals surface area contributed by atoms with Crippen molar-refractivity contribution in [2.24, 2.45) is 17.8 Å². The van der Waals surface area contributed by atoms with Crippen LogP contribution in [-0.2, 0) is 4.74 Å². The molecule has 1 saturated carbocycles. The Morgan fingerprint density at radius 3 is 2.11 bits per heavy atom. The fourth-order valence-corrected chi connectivity index (χ4v) is 3.95. The van der Waals surface area contributed by atoms with Crippen LogP contribution >= 0.6 is 22.6 Å². The van der Waals surface area contributed by atoms with E-state index in [1.165, 1.54) is 38.5 Å². The monoisotopic (exact) mass is 366 g/mol. The van der Waals surface area contributed by atoms with Gasteiger partial charge in [0.25, 0.3) is 0 Å². The van der Waals surface area contributed by atoms with Crippen LogP contribution in [0.5, 0.6) is 0 Å². The molecule has 0 radical (unpaired) electrons. The minimum absolute atomic E-state index is 0.203. The first-order chi connectivity index (χ1) is 8.56. The normalized spacial score (nSPS) is 29.2. The molecule has 0 aromatic carbocycles. The number of halogens is 1. The summed E-state index contributed by atoms with van der Waals surface area (Å²) >= 11 is 2.53. The lowest BCUT2D eigenvalue weighted by molar-refractivity contribution is -0.0759. The zero-order valence-corrected chi connectivity index (χ0v) is 14.8. The topological polar surface area (TPSA) is 9.23 Å². The van der Waals surface area contributed by atoms with Gasteiger partial charge in [-0.2, -0.15) is 0 Å². The fraction of sp³-hybridized carbons (Fsp3) is 1.00. The highest BCUT2D eigenvalue weighted by atomic mass is 127. The third-order valence-corrected chi connectivity index (χ3v) is 6.30. The van der Waals surface area contributed by atoms with E-state index in [4.69, 9.17) is 4.74 Å². The van der Waals surface area contributed by atoms with Crippen LogP contribution in [0, 0.1) is 17.8 Å². The second-order valence-electron chi connectivity index (χ2n) is 6.39. The van der Waals surface area contributed by atoms with Gasteiger partial charge in [-0.15, -0.1) is 0 Å². The van der Waals surface area contributed by atoms with Crippen LogP contribution < -0.4 is 0 Å². The van der Waals surface area contributed by atoms with Gasteiger partial charge in [-0.1, -0.05) is 63.1 Å². The minimum Gasteiger partial charge on any atom is -0.374 e. The van der Waals surface area contributed by atoms with Crippen LogP contribution in [0.1, 0.15) is 66.2 Å². The minimum atomic E-state index is 0.203. The van der Waals surface area contributed by atoms with Crippen molar-refractivity contribution in [1.29, 1.82) is 0 Å². The van der Waals surface area contributed by atoms with Crippen LogP contribution in [0.25, 0.3) is 0 Å². The number of alkyl halides is 1. The second kappa shape index (κ2) is 8.08. The molecule has 0 unspecified atom stereocenters. The second-order valence-corrected chi connectivity index (χ2v) is 7.15. The van der Waals surface area contributed by atoms with Gasteiger partial charge in [0.2, 0.25) is 0 Å². The van der Waals surface area contributed by atoms with E-state index in [1.54, 1.807) is 0 Å². The first-order valence-electron chi connectivity index (χ1n) is 7.76. The fourth-order valence-electron chi connectivity index (χ4n) is 2.97. The van der Waals surface area contributed by atoms with Gasteiger partial charge in [0.05, 0.1) is 12.2 Å². The Morgan fingerprint density at radius 1 is 1.17 bits per heavy atom. The number of ether oxygens (including phenoxy) is 1. The Labute approximate surface area is 128 Å². The summed E-state index contributed by atoms with van der Waals surface area (Å²) in [5, 5.41) is 0. The highest BCUT2D eigenvalue weighted by molar-refractivity contribution is 14.1. The summed E-state index contributed by atoms with van der Waals surface area (Å²) in [6.07, 6.45) is 7.79. The molecule has 0 saturated heterocycles. The van der Waals surface area contributed by atoms with E-state index in [0.717, 1.165) is 28.8 Å². The lowest BCUT2D eigenvalue weighted by Crippen LogP contribution is -2.40. The zero-order chi connectivity index (χ0) is 13.6. The molecule has 0 bridgehead atoms. The summed E-state index contributed by atoms with van der Waals surface area (Å²) in [7, 11) is 0. The molecule has 1 rings (SSSR count). The zero-order valence-electron chi connectivity index (χ0n) is 12.7. The molecule has 108 valence electrons. The van der Waals surface area contributed by atoms with Crippen LogP contribution in [-0.4, -0.2) is 16.6 Å². The molecule has 0 spiro atoms. The Kier molecular flexibility index (Phi) is 7.52. The van der Waals surface area contributed by atoms with Gasteiger partial charge in [-0.25, -0.2) is 0 Å². The van der Waals surface area contributed by atoms with Gasteiger partial charge in [-0.05, 0) is 43.4 Å². The van der Waals surface area contributed by atoms with Gasteiger partial charge < -0.3 is 4.74 Å². The van der Waals surface area contributed by atoms with Crippen LogP contribution in [0.15, 0.2) is 0 Å². The van der Waals surface area contributed by atoms with E-state index in [2.05, 4.69) is 50.3 Å². The summed E-state index contributed by atoms with van der Waals surface area (Å²) in [6.45, 7) is 10.3. The Hall–Kier alpha value is 0.690. The molecular weight excluding hydrogens is 335 g/mol. The molecule has 0 N–H and O–H groups in total. The molecule has 0 aromatic heterocycles.